The number of hydrogen-bond acceptors (Lipinski definition) is 6. The summed E-state index contributed by atoms with van der Waals surface area (Å²) in [6.45, 7) is 6.68. The van der Waals surface area contributed by atoms with Crippen molar-refractivity contribution in [2.24, 2.45) is 20.5 Å². The minimum atomic E-state index is 0. The normalized spacial score (nSPS) is 11.3. The first-order valence-electron chi connectivity index (χ1n) is 8.77. The van der Waals surface area contributed by atoms with Crippen LogP contribution in [0.2, 0.25) is 0 Å². The van der Waals surface area contributed by atoms with Crippen LogP contribution in [0.3, 0.4) is 0 Å². The van der Waals surface area contributed by atoms with E-state index in [4.69, 9.17) is 0 Å². The molecule has 0 aliphatic heterocycles. The van der Waals surface area contributed by atoms with Crippen LogP contribution >= 0.6 is 0 Å². The first-order valence-corrected chi connectivity index (χ1v) is 8.77. The predicted octanol–water partition coefficient (Wildman–Crippen LogP) is 6.52. The van der Waals surface area contributed by atoms with Crippen molar-refractivity contribution in [3.63, 3.8) is 0 Å². The molecule has 3 rings (SSSR count). The molecule has 3 aromatic carbocycles. The van der Waals surface area contributed by atoms with E-state index in [-0.39, 0.29) is 38.5 Å². The van der Waals surface area contributed by atoms with Crippen molar-refractivity contribution in [3.05, 3.63) is 53.6 Å². The second-order valence-corrected chi connectivity index (χ2v) is 6.24. The standard InChI is InChI=1S/C21H22N5O.Y/c1-5-23-16-7-6-15-10-14(3)20(21(27)18(15)12-16)26-24-17-8-9-19(25-22-4)13(2)11-17;/h6-7,9-12,23,27H,5H2,1-4H3;/q-1;. The van der Waals surface area contributed by atoms with Crippen molar-refractivity contribution < 1.29 is 37.8 Å². The van der Waals surface area contributed by atoms with E-state index in [1.165, 1.54) is 0 Å². The molecule has 0 aliphatic rings. The van der Waals surface area contributed by atoms with Gasteiger partial charge in [-0.2, -0.15) is 11.2 Å². The van der Waals surface area contributed by atoms with Gasteiger partial charge in [0.15, 0.2) is 5.75 Å². The molecule has 0 atom stereocenters. The van der Waals surface area contributed by atoms with Crippen LogP contribution in [0, 0.1) is 19.9 Å². The van der Waals surface area contributed by atoms with E-state index < -0.39 is 0 Å². The maximum Gasteiger partial charge on any atom is 0.151 e. The molecule has 141 valence electrons. The summed E-state index contributed by atoms with van der Waals surface area (Å²) in [6, 6.07) is 14.5. The van der Waals surface area contributed by atoms with Crippen molar-refractivity contribution in [1.82, 2.24) is 0 Å². The van der Waals surface area contributed by atoms with Crippen LogP contribution in [0.15, 0.2) is 56.9 Å². The van der Waals surface area contributed by atoms with Crippen LogP contribution in [-0.2, 0) is 32.7 Å². The average Bonchev–Trinajstić information content (AvgIpc) is 2.64. The summed E-state index contributed by atoms with van der Waals surface area (Å²) >= 11 is 0. The van der Waals surface area contributed by atoms with Crippen molar-refractivity contribution in [3.8, 4) is 5.75 Å². The molecule has 28 heavy (non-hydrogen) atoms. The van der Waals surface area contributed by atoms with Gasteiger partial charge in [-0.15, -0.1) is 22.8 Å². The first kappa shape index (κ1) is 22.1. The van der Waals surface area contributed by atoms with Crippen LogP contribution in [-0.4, -0.2) is 18.7 Å². The fraction of sp³-hybridized carbons (Fsp3) is 0.238. The van der Waals surface area contributed by atoms with Crippen molar-refractivity contribution in [1.29, 1.82) is 0 Å². The molecular weight excluding hydrogens is 427 g/mol. The van der Waals surface area contributed by atoms with Gasteiger partial charge in [-0.3, -0.25) is 0 Å². The summed E-state index contributed by atoms with van der Waals surface area (Å²) < 4.78 is 0. The van der Waals surface area contributed by atoms with Crippen LogP contribution in [0.25, 0.3) is 10.8 Å². The Hall–Kier alpha value is -2.18. The maximum absolute atomic E-state index is 10.8. The molecule has 0 saturated carbocycles. The van der Waals surface area contributed by atoms with Gasteiger partial charge in [-0.1, -0.05) is 13.0 Å². The number of benzene rings is 3. The summed E-state index contributed by atoms with van der Waals surface area (Å²) in [5.74, 6) is 0.127. The summed E-state index contributed by atoms with van der Waals surface area (Å²) in [7, 11) is 1.62. The Balaban J connectivity index is 0.00000280. The Kier molecular flexibility index (Phi) is 7.78. The van der Waals surface area contributed by atoms with E-state index in [2.05, 4.69) is 31.8 Å². The number of fused-ring (bicyclic) bond motifs is 1. The number of azo groups is 2. The molecule has 7 heteroatoms. The number of phenolic OH excluding ortho intramolecular Hbond substituents is 1. The van der Waals surface area contributed by atoms with E-state index in [0.717, 1.165) is 39.8 Å². The summed E-state index contributed by atoms with van der Waals surface area (Å²) in [5.41, 5.74) is 4.52. The largest absolute Gasteiger partial charge is 0.505 e. The van der Waals surface area contributed by atoms with Crippen LogP contribution in [0.5, 0.6) is 5.75 Å². The third kappa shape index (κ3) is 4.80. The van der Waals surface area contributed by atoms with Crippen molar-refractivity contribution >= 4 is 33.5 Å². The molecule has 6 nitrogen and oxygen atoms in total. The number of anilines is 1. The van der Waals surface area contributed by atoms with Gasteiger partial charge in [0.2, 0.25) is 0 Å². The molecule has 0 fully saturated rings. The van der Waals surface area contributed by atoms with Crippen molar-refractivity contribution in [2.45, 2.75) is 20.8 Å². The number of nitrogens with one attached hydrogen (secondary N) is 1. The van der Waals surface area contributed by atoms with Crippen LogP contribution in [0.1, 0.15) is 18.1 Å². The average molecular weight is 449 g/mol. The zero-order valence-electron chi connectivity index (χ0n) is 16.5. The molecule has 3 aromatic rings. The van der Waals surface area contributed by atoms with Crippen LogP contribution in [0.4, 0.5) is 22.7 Å². The molecule has 0 aliphatic carbocycles. The van der Waals surface area contributed by atoms with Gasteiger partial charge in [-0.25, -0.2) is 10.2 Å². The smallest absolute Gasteiger partial charge is 0.151 e. The molecule has 0 unspecified atom stereocenters. The Morgan fingerprint density at radius 2 is 1.82 bits per heavy atom. The third-order valence-corrected chi connectivity index (χ3v) is 4.24. The monoisotopic (exact) mass is 449 g/mol. The van der Waals surface area contributed by atoms with Gasteiger partial charge in [0, 0.05) is 57.4 Å². The predicted molar refractivity (Wildman–Crippen MR) is 109 cm³/mol. The number of aryl methyl sites for hydroxylation is 2. The van der Waals surface area contributed by atoms with Gasteiger partial charge in [-0.05, 0) is 54.4 Å². The number of nitrogens with zero attached hydrogens (tertiary/aromatic N) is 4. The molecule has 0 aromatic heterocycles. The molecule has 0 amide bonds. The van der Waals surface area contributed by atoms with Gasteiger partial charge in [0.1, 0.15) is 5.69 Å². The minimum Gasteiger partial charge on any atom is -0.505 e. The first-order chi connectivity index (χ1) is 13.0. The molecule has 1 radical (unpaired) electrons. The number of rotatable bonds is 5. The fourth-order valence-corrected chi connectivity index (χ4v) is 2.90. The number of phenols is 1. The zero-order chi connectivity index (χ0) is 19.4. The minimum absolute atomic E-state index is 0. The van der Waals surface area contributed by atoms with Gasteiger partial charge >= 0.3 is 0 Å². The SMILES string of the molecule is CCNc1ccc2cc(C)c(N=Nc3[c-]cc(N=NC)c(C)c3)c(O)c2c1.[Y]. The Bertz CT molecular complexity index is 1050. The van der Waals surface area contributed by atoms with Gasteiger partial charge in [0.05, 0.1) is 0 Å². The van der Waals surface area contributed by atoms with E-state index in [1.807, 2.05) is 51.1 Å². The molecule has 2 N–H and O–H groups in total. The van der Waals surface area contributed by atoms with E-state index >= 15 is 0 Å². The Labute approximate surface area is 190 Å². The van der Waals surface area contributed by atoms with Crippen LogP contribution < -0.4 is 5.32 Å². The number of aromatic hydroxyl groups is 1. The third-order valence-electron chi connectivity index (χ3n) is 4.24. The quantitative estimate of drug-likeness (QED) is 0.343. The second-order valence-electron chi connectivity index (χ2n) is 6.24. The number of hydrogen-bond donors (Lipinski definition) is 2. The molecular formula is C21H22N5OY-. The van der Waals surface area contributed by atoms with E-state index in [1.54, 1.807) is 13.1 Å². The van der Waals surface area contributed by atoms with Gasteiger partial charge in [0.25, 0.3) is 0 Å². The Morgan fingerprint density at radius 1 is 1.04 bits per heavy atom. The van der Waals surface area contributed by atoms with Gasteiger partial charge < -0.3 is 10.4 Å². The van der Waals surface area contributed by atoms with E-state index in [9.17, 15) is 5.11 Å². The zero-order valence-corrected chi connectivity index (χ0v) is 19.3. The topological polar surface area (TPSA) is 81.7 Å². The summed E-state index contributed by atoms with van der Waals surface area (Å²) in [5, 5.41) is 32.0. The molecule has 0 bridgehead atoms. The van der Waals surface area contributed by atoms with Crippen molar-refractivity contribution in [2.75, 3.05) is 18.9 Å². The second kappa shape index (κ2) is 9.85. The molecule has 0 spiro atoms. The maximum atomic E-state index is 10.8. The van der Waals surface area contributed by atoms with E-state index in [0.29, 0.717) is 11.4 Å². The summed E-state index contributed by atoms with van der Waals surface area (Å²) in [4.78, 5) is 0. The fourth-order valence-electron chi connectivity index (χ4n) is 2.90. The molecule has 0 saturated heterocycles. The Morgan fingerprint density at radius 3 is 2.50 bits per heavy atom. The summed E-state index contributed by atoms with van der Waals surface area (Å²) in [6.07, 6.45) is 0. The molecule has 0 heterocycles.